The number of aliphatic carboxylic acids is 1. The Balaban J connectivity index is 1.87. The van der Waals surface area contributed by atoms with Crippen LogP contribution in [0, 0.1) is 5.92 Å². The van der Waals surface area contributed by atoms with E-state index >= 15 is 0 Å². The Morgan fingerprint density at radius 1 is 0.963 bits per heavy atom. The van der Waals surface area contributed by atoms with E-state index in [0.717, 1.165) is 64.2 Å². The van der Waals surface area contributed by atoms with Gasteiger partial charge in [0, 0.05) is 42.0 Å². The molecule has 1 amide bonds. The summed E-state index contributed by atoms with van der Waals surface area (Å²) in [5.74, 6) is -0.167. The van der Waals surface area contributed by atoms with Gasteiger partial charge in [0.2, 0.25) is 9.70 Å². The van der Waals surface area contributed by atoms with E-state index in [9.17, 15) is 14.4 Å². The molecule has 1 rings (SSSR count). The molecular formula is C20H35IN2O4. The van der Waals surface area contributed by atoms with Crippen molar-refractivity contribution in [2.24, 2.45) is 5.92 Å². The first kappa shape index (κ1) is 24.3. The molecule has 6 nitrogen and oxygen atoms in total. The number of rotatable bonds is 17. The van der Waals surface area contributed by atoms with Crippen LogP contribution < -0.4 is 10.6 Å². The zero-order valence-corrected chi connectivity index (χ0v) is 18.7. The molecule has 0 aromatic rings. The van der Waals surface area contributed by atoms with E-state index in [1.165, 1.54) is 6.42 Å². The van der Waals surface area contributed by atoms with Crippen molar-refractivity contribution < 1.29 is 19.5 Å². The molecule has 0 bridgehead atoms. The molecule has 0 aliphatic heterocycles. The van der Waals surface area contributed by atoms with Gasteiger partial charge in [-0.3, -0.25) is 14.4 Å². The largest absolute Gasteiger partial charge is 0.481 e. The van der Waals surface area contributed by atoms with Crippen molar-refractivity contribution in [3.8, 4) is 0 Å². The topological polar surface area (TPSA) is 95.5 Å². The van der Waals surface area contributed by atoms with E-state index in [1.807, 2.05) is 29.6 Å². The predicted octanol–water partition coefficient (Wildman–Crippen LogP) is 3.81. The van der Waals surface area contributed by atoms with Crippen LogP contribution >= 0.6 is 22.6 Å². The summed E-state index contributed by atoms with van der Waals surface area (Å²) in [5, 5.41) is 14.7. The smallest absolute Gasteiger partial charge is 0.303 e. The van der Waals surface area contributed by atoms with Crippen LogP contribution in [0.5, 0.6) is 0 Å². The Kier molecular flexibility index (Phi) is 12.1. The van der Waals surface area contributed by atoms with Gasteiger partial charge in [0.1, 0.15) is 0 Å². The number of hydrogen-bond acceptors (Lipinski definition) is 4. The molecule has 27 heavy (non-hydrogen) atoms. The van der Waals surface area contributed by atoms with Crippen LogP contribution in [0.3, 0.4) is 0 Å². The Hall–Kier alpha value is -0.700. The number of likely N-dealkylation sites (N-methyl/N-ethyl adjacent to an activating group) is 1. The maximum Gasteiger partial charge on any atom is 0.303 e. The Morgan fingerprint density at radius 3 is 2.00 bits per heavy atom. The number of hydrogen-bond donors (Lipinski definition) is 3. The Labute approximate surface area is 176 Å². The molecule has 1 fully saturated rings. The van der Waals surface area contributed by atoms with Crippen molar-refractivity contribution in [2.45, 2.75) is 89.0 Å². The molecule has 1 unspecified atom stereocenters. The summed E-state index contributed by atoms with van der Waals surface area (Å²) >= 11 is 1.88. The Morgan fingerprint density at radius 2 is 1.52 bits per heavy atom. The van der Waals surface area contributed by atoms with Crippen molar-refractivity contribution >= 4 is 38.3 Å². The monoisotopic (exact) mass is 494 g/mol. The third kappa shape index (κ3) is 9.87. The van der Waals surface area contributed by atoms with Crippen LogP contribution in [0.15, 0.2) is 0 Å². The van der Waals surface area contributed by atoms with Gasteiger partial charge in [0.25, 0.3) is 0 Å². The van der Waals surface area contributed by atoms with Crippen LogP contribution in [0.4, 0.5) is 0 Å². The number of carbonyl (C=O) groups excluding carboxylic acids is 2. The van der Waals surface area contributed by atoms with Crippen LogP contribution in [-0.4, -0.2) is 39.9 Å². The van der Waals surface area contributed by atoms with E-state index in [4.69, 9.17) is 5.11 Å². The van der Waals surface area contributed by atoms with Crippen molar-refractivity contribution in [3.63, 3.8) is 0 Å². The minimum atomic E-state index is -0.706. The first-order chi connectivity index (χ1) is 12.9. The average Bonchev–Trinajstić information content (AvgIpc) is 3.35. The third-order valence-corrected chi connectivity index (χ3v) is 6.46. The van der Waals surface area contributed by atoms with Gasteiger partial charge < -0.3 is 15.7 Å². The molecule has 0 aromatic heterocycles. The quantitative estimate of drug-likeness (QED) is 0.162. The highest BCUT2D eigenvalue weighted by atomic mass is 127. The number of nitrogens with one attached hydrogen (secondary N) is 2. The number of carboxylic acid groups (broad SMARTS) is 1. The molecular weight excluding hydrogens is 459 g/mol. The lowest BCUT2D eigenvalue weighted by Crippen LogP contribution is -2.35. The summed E-state index contributed by atoms with van der Waals surface area (Å²) in [6.07, 6.45) is 12.0. The standard InChI is InChI=1S/C20H35IN2O4/c1-22-20(19(21)27)15-16(20)11-10-14-23-17(24)12-8-6-4-2-3-5-7-9-13-18(25)26/h16,22H,2-15H2,1H3,(H,23,24)(H,25,26)/t16-,20?/m0/s1. The van der Waals surface area contributed by atoms with Gasteiger partial charge in [-0.2, -0.15) is 0 Å². The molecule has 1 aliphatic rings. The summed E-state index contributed by atoms with van der Waals surface area (Å²) < 4.78 is 0.192. The van der Waals surface area contributed by atoms with Gasteiger partial charge in [-0.25, -0.2) is 0 Å². The fourth-order valence-corrected chi connectivity index (χ4v) is 4.54. The minimum absolute atomic E-state index is 0.129. The molecule has 7 heteroatoms. The van der Waals surface area contributed by atoms with Gasteiger partial charge in [0.15, 0.2) is 0 Å². The molecule has 0 radical (unpaired) electrons. The maximum absolute atomic E-state index is 11.8. The normalized spacial score (nSPS) is 21.0. The van der Waals surface area contributed by atoms with Crippen LogP contribution in [0.1, 0.15) is 83.5 Å². The van der Waals surface area contributed by atoms with E-state index in [0.29, 0.717) is 18.9 Å². The molecule has 0 spiro atoms. The Bertz CT molecular complexity index is 487. The summed E-state index contributed by atoms with van der Waals surface area (Å²) in [4.78, 5) is 33.8. The highest BCUT2D eigenvalue weighted by Crippen LogP contribution is 2.48. The van der Waals surface area contributed by atoms with Crippen molar-refractivity contribution in [3.05, 3.63) is 0 Å². The summed E-state index contributed by atoms with van der Waals surface area (Å²) in [6.45, 7) is 0.695. The minimum Gasteiger partial charge on any atom is -0.481 e. The second-order valence-corrected chi connectivity index (χ2v) is 8.59. The summed E-state index contributed by atoms with van der Waals surface area (Å²) in [6, 6.07) is 0. The van der Waals surface area contributed by atoms with Crippen molar-refractivity contribution in [2.75, 3.05) is 13.6 Å². The molecule has 2 atom stereocenters. The fourth-order valence-electron chi connectivity index (χ4n) is 3.61. The van der Waals surface area contributed by atoms with Crippen LogP contribution in [0.25, 0.3) is 0 Å². The van der Waals surface area contributed by atoms with Crippen molar-refractivity contribution in [1.29, 1.82) is 0 Å². The van der Waals surface area contributed by atoms with Crippen LogP contribution in [0.2, 0.25) is 0 Å². The highest BCUT2D eigenvalue weighted by Gasteiger charge is 2.57. The number of halogens is 1. The molecule has 0 heterocycles. The van der Waals surface area contributed by atoms with Crippen molar-refractivity contribution in [1.82, 2.24) is 10.6 Å². The second kappa shape index (κ2) is 13.5. The van der Waals surface area contributed by atoms with Gasteiger partial charge in [0.05, 0.1) is 5.54 Å². The first-order valence-electron chi connectivity index (χ1n) is 10.3. The molecule has 3 N–H and O–H groups in total. The lowest BCUT2D eigenvalue weighted by atomic mass is 10.1. The zero-order chi connectivity index (χ0) is 20.1. The van der Waals surface area contributed by atoms with Gasteiger partial charge in [-0.15, -0.1) is 0 Å². The molecule has 1 aliphatic carbocycles. The van der Waals surface area contributed by atoms with E-state index in [1.54, 1.807) is 0 Å². The van der Waals surface area contributed by atoms with E-state index in [-0.39, 0.29) is 21.7 Å². The molecule has 0 saturated heterocycles. The van der Waals surface area contributed by atoms with Gasteiger partial charge >= 0.3 is 5.97 Å². The van der Waals surface area contributed by atoms with Crippen LogP contribution in [-0.2, 0) is 14.4 Å². The summed E-state index contributed by atoms with van der Waals surface area (Å²) in [5.41, 5.74) is -0.305. The number of amides is 1. The molecule has 1 saturated carbocycles. The summed E-state index contributed by atoms with van der Waals surface area (Å²) in [7, 11) is 1.85. The van der Waals surface area contributed by atoms with E-state index < -0.39 is 5.97 Å². The first-order valence-corrected chi connectivity index (χ1v) is 11.4. The van der Waals surface area contributed by atoms with E-state index in [2.05, 4.69) is 10.6 Å². The lowest BCUT2D eigenvalue weighted by Gasteiger charge is -2.11. The predicted molar refractivity (Wildman–Crippen MR) is 115 cm³/mol. The number of unbranched alkanes of at least 4 members (excludes halogenated alkanes) is 7. The highest BCUT2D eigenvalue weighted by molar-refractivity contribution is 14.1. The lowest BCUT2D eigenvalue weighted by molar-refractivity contribution is -0.137. The van der Waals surface area contributed by atoms with Gasteiger partial charge in [-0.05, 0) is 45.1 Å². The molecule has 0 aromatic carbocycles. The number of carboxylic acids is 1. The third-order valence-electron chi connectivity index (χ3n) is 5.50. The zero-order valence-electron chi connectivity index (χ0n) is 16.5. The van der Waals surface area contributed by atoms with Gasteiger partial charge in [-0.1, -0.05) is 38.5 Å². The molecule has 156 valence electrons. The fraction of sp³-hybridized carbons (Fsp3) is 0.850. The SMILES string of the molecule is CNC1(C(=O)I)C[C@@H]1CCCNC(=O)CCCCCCCCCCC(=O)O. The second-order valence-electron chi connectivity index (χ2n) is 7.61. The average molecular weight is 494 g/mol. The number of carbonyl (C=O) groups is 3. The maximum atomic E-state index is 11.8.